The van der Waals surface area contributed by atoms with E-state index in [0.29, 0.717) is 6.61 Å². The third-order valence-electron chi connectivity index (χ3n) is 5.49. The highest BCUT2D eigenvalue weighted by Crippen LogP contribution is 2.44. The van der Waals surface area contributed by atoms with E-state index in [1.165, 1.54) is 36.1 Å². The molecule has 1 aliphatic carbocycles. The Kier molecular flexibility index (Phi) is 4.29. The van der Waals surface area contributed by atoms with E-state index in [2.05, 4.69) is 27.2 Å². The number of nitrogens with zero attached hydrogens (tertiary/aromatic N) is 2. The first-order valence-corrected chi connectivity index (χ1v) is 8.87. The quantitative estimate of drug-likeness (QED) is 0.884. The zero-order valence-electron chi connectivity index (χ0n) is 14.0. The van der Waals surface area contributed by atoms with E-state index in [1.807, 2.05) is 18.3 Å². The number of para-hydroxylation sites is 1. The minimum Gasteiger partial charge on any atom is -0.491 e. The number of aryl methyl sites for hydroxylation is 1. The number of hydrogen-bond acceptors (Lipinski definition) is 4. The van der Waals surface area contributed by atoms with Crippen LogP contribution in [-0.4, -0.2) is 46.5 Å². The highest BCUT2D eigenvalue weighted by molar-refractivity contribution is 5.35. The molecule has 2 aliphatic rings. The second kappa shape index (κ2) is 6.57. The molecular formula is C19H25N3O2. The SMILES string of the molecule is OCCOc1ccccc1CN1CCCC2(CCc3cn[nH]c32)C1. The number of aromatic nitrogens is 2. The van der Waals surface area contributed by atoms with Crippen LogP contribution in [0.25, 0.3) is 0 Å². The lowest BCUT2D eigenvalue weighted by Crippen LogP contribution is -2.44. The van der Waals surface area contributed by atoms with Gasteiger partial charge in [-0.2, -0.15) is 5.10 Å². The van der Waals surface area contributed by atoms with Crippen molar-refractivity contribution in [1.82, 2.24) is 15.1 Å². The first-order chi connectivity index (χ1) is 11.8. The number of H-pyrrole nitrogens is 1. The zero-order chi connectivity index (χ0) is 16.4. The number of piperidine rings is 1. The second-order valence-electron chi connectivity index (χ2n) is 7.04. The summed E-state index contributed by atoms with van der Waals surface area (Å²) in [5.74, 6) is 0.889. The molecule has 1 aromatic carbocycles. The molecule has 0 bridgehead atoms. The summed E-state index contributed by atoms with van der Waals surface area (Å²) in [5, 5.41) is 16.5. The Hall–Kier alpha value is -1.85. The molecule has 1 aromatic heterocycles. The Morgan fingerprint density at radius 3 is 3.12 bits per heavy atom. The van der Waals surface area contributed by atoms with Gasteiger partial charge in [0.2, 0.25) is 0 Å². The van der Waals surface area contributed by atoms with Crippen LogP contribution in [0.3, 0.4) is 0 Å². The maximum absolute atomic E-state index is 9.01. The zero-order valence-corrected chi connectivity index (χ0v) is 14.0. The van der Waals surface area contributed by atoms with E-state index < -0.39 is 0 Å². The molecule has 1 saturated heterocycles. The number of fused-ring (bicyclic) bond motifs is 2. The molecule has 1 fully saturated rings. The summed E-state index contributed by atoms with van der Waals surface area (Å²) in [5.41, 5.74) is 4.23. The van der Waals surface area contributed by atoms with Gasteiger partial charge in [0.25, 0.3) is 0 Å². The normalized spacial score (nSPS) is 23.5. The number of benzene rings is 1. The monoisotopic (exact) mass is 327 g/mol. The van der Waals surface area contributed by atoms with E-state index in [-0.39, 0.29) is 12.0 Å². The number of aliphatic hydroxyl groups is 1. The van der Waals surface area contributed by atoms with Crippen LogP contribution in [0.2, 0.25) is 0 Å². The van der Waals surface area contributed by atoms with Crippen molar-refractivity contribution in [3.05, 3.63) is 47.3 Å². The van der Waals surface area contributed by atoms with Gasteiger partial charge in [-0.25, -0.2) is 0 Å². The molecule has 5 heteroatoms. The molecule has 1 aliphatic heterocycles. The molecule has 2 aromatic rings. The van der Waals surface area contributed by atoms with Gasteiger partial charge in [-0.1, -0.05) is 18.2 Å². The molecule has 2 N–H and O–H groups in total. The molecule has 4 rings (SSSR count). The lowest BCUT2D eigenvalue weighted by atomic mass is 9.77. The standard InChI is InChI=1S/C19H25N3O2/c23-10-11-24-17-5-2-1-4-16(17)13-22-9-3-7-19(14-22)8-6-15-12-20-21-18(15)19/h1-2,4-5,12,23H,3,6-11,13-14H2,(H,20,21). The molecule has 0 amide bonds. The summed E-state index contributed by atoms with van der Waals surface area (Å²) in [4.78, 5) is 2.54. The Morgan fingerprint density at radius 2 is 2.21 bits per heavy atom. The molecule has 0 radical (unpaired) electrons. The Labute approximate surface area is 142 Å². The third-order valence-corrected chi connectivity index (χ3v) is 5.49. The molecule has 24 heavy (non-hydrogen) atoms. The lowest BCUT2D eigenvalue weighted by Gasteiger charge is -2.40. The van der Waals surface area contributed by atoms with Crippen molar-refractivity contribution in [2.24, 2.45) is 0 Å². The van der Waals surface area contributed by atoms with Gasteiger partial charge < -0.3 is 9.84 Å². The largest absolute Gasteiger partial charge is 0.491 e. The van der Waals surface area contributed by atoms with E-state index in [9.17, 15) is 0 Å². The minimum absolute atomic E-state index is 0.0454. The highest BCUT2D eigenvalue weighted by Gasteiger charge is 2.43. The van der Waals surface area contributed by atoms with Crippen LogP contribution in [-0.2, 0) is 18.4 Å². The van der Waals surface area contributed by atoms with Crippen LogP contribution in [0, 0.1) is 0 Å². The van der Waals surface area contributed by atoms with Crippen molar-refractivity contribution < 1.29 is 9.84 Å². The first-order valence-electron chi connectivity index (χ1n) is 8.87. The van der Waals surface area contributed by atoms with E-state index >= 15 is 0 Å². The van der Waals surface area contributed by atoms with Crippen LogP contribution >= 0.6 is 0 Å². The van der Waals surface area contributed by atoms with Gasteiger partial charge in [0.1, 0.15) is 12.4 Å². The summed E-state index contributed by atoms with van der Waals surface area (Å²) < 4.78 is 5.70. The van der Waals surface area contributed by atoms with Crippen LogP contribution in [0.5, 0.6) is 5.75 Å². The number of likely N-dealkylation sites (tertiary alicyclic amines) is 1. The molecular weight excluding hydrogens is 302 g/mol. The first kappa shape index (κ1) is 15.7. The number of ether oxygens (including phenoxy) is 1. The minimum atomic E-state index is 0.0454. The molecule has 1 unspecified atom stereocenters. The van der Waals surface area contributed by atoms with Crippen molar-refractivity contribution in [3.63, 3.8) is 0 Å². The fraction of sp³-hybridized carbons (Fsp3) is 0.526. The van der Waals surface area contributed by atoms with Crippen LogP contribution < -0.4 is 4.74 Å². The number of aromatic amines is 1. The molecule has 5 nitrogen and oxygen atoms in total. The number of hydrogen-bond donors (Lipinski definition) is 2. The van der Waals surface area contributed by atoms with Gasteiger partial charge in [-0.05, 0) is 43.9 Å². The average Bonchev–Trinajstić information content (AvgIpc) is 3.20. The molecule has 1 atom stereocenters. The van der Waals surface area contributed by atoms with Gasteiger partial charge in [0.05, 0.1) is 12.8 Å². The fourth-order valence-electron chi connectivity index (χ4n) is 4.40. The summed E-state index contributed by atoms with van der Waals surface area (Å²) in [6.45, 7) is 3.49. The van der Waals surface area contributed by atoms with Gasteiger partial charge in [0.15, 0.2) is 0 Å². The lowest BCUT2D eigenvalue weighted by molar-refractivity contribution is 0.134. The van der Waals surface area contributed by atoms with Gasteiger partial charge in [-0.15, -0.1) is 0 Å². The van der Waals surface area contributed by atoms with Gasteiger partial charge >= 0.3 is 0 Å². The van der Waals surface area contributed by atoms with Crippen molar-refractivity contribution >= 4 is 0 Å². The Bertz CT molecular complexity index is 699. The summed E-state index contributed by atoms with van der Waals surface area (Å²) in [6.07, 6.45) is 6.85. The van der Waals surface area contributed by atoms with Gasteiger partial charge in [-0.3, -0.25) is 10.00 Å². The summed E-state index contributed by atoms with van der Waals surface area (Å²) in [6, 6.07) is 8.17. The van der Waals surface area contributed by atoms with Crippen molar-refractivity contribution in [3.8, 4) is 5.75 Å². The van der Waals surface area contributed by atoms with Crippen LogP contribution in [0.4, 0.5) is 0 Å². The average molecular weight is 327 g/mol. The van der Waals surface area contributed by atoms with E-state index in [0.717, 1.165) is 31.8 Å². The second-order valence-corrected chi connectivity index (χ2v) is 7.04. The molecule has 128 valence electrons. The Morgan fingerprint density at radius 1 is 1.29 bits per heavy atom. The van der Waals surface area contributed by atoms with Crippen molar-refractivity contribution in [1.29, 1.82) is 0 Å². The summed E-state index contributed by atoms with van der Waals surface area (Å²) >= 11 is 0. The van der Waals surface area contributed by atoms with Gasteiger partial charge in [0, 0.05) is 29.8 Å². The highest BCUT2D eigenvalue weighted by atomic mass is 16.5. The Balaban J connectivity index is 1.50. The molecule has 1 spiro atoms. The maximum Gasteiger partial charge on any atom is 0.123 e. The van der Waals surface area contributed by atoms with Crippen molar-refractivity contribution in [2.75, 3.05) is 26.3 Å². The molecule has 0 saturated carbocycles. The summed E-state index contributed by atoms with van der Waals surface area (Å²) in [7, 11) is 0. The predicted molar refractivity (Wildman–Crippen MR) is 92.1 cm³/mol. The third kappa shape index (κ3) is 2.82. The fourth-order valence-corrected chi connectivity index (χ4v) is 4.40. The topological polar surface area (TPSA) is 61.4 Å². The van der Waals surface area contributed by atoms with E-state index in [1.54, 1.807) is 0 Å². The van der Waals surface area contributed by atoms with E-state index in [4.69, 9.17) is 9.84 Å². The van der Waals surface area contributed by atoms with Crippen LogP contribution in [0.15, 0.2) is 30.5 Å². The van der Waals surface area contributed by atoms with Crippen molar-refractivity contribution in [2.45, 2.75) is 37.6 Å². The predicted octanol–water partition coefficient (Wildman–Crippen LogP) is 2.26. The number of nitrogens with one attached hydrogen (secondary N) is 1. The molecule has 2 heterocycles. The number of rotatable bonds is 5. The smallest absolute Gasteiger partial charge is 0.123 e. The van der Waals surface area contributed by atoms with Crippen LogP contribution in [0.1, 0.15) is 36.1 Å². The number of aliphatic hydroxyl groups excluding tert-OH is 1. The maximum atomic E-state index is 9.01.